The number of primary amides is 1. The maximum atomic E-state index is 13.0. The largest absolute Gasteiger partial charge is 0.363 e. The van der Waals surface area contributed by atoms with Crippen LogP contribution in [-0.2, 0) is 16.0 Å². The van der Waals surface area contributed by atoms with Crippen molar-refractivity contribution in [3.63, 3.8) is 0 Å². The Bertz CT molecular complexity index is 1260. The molecule has 4 aromatic rings. The van der Waals surface area contributed by atoms with Crippen molar-refractivity contribution in [3.8, 4) is 5.82 Å². The van der Waals surface area contributed by atoms with Crippen molar-refractivity contribution in [2.45, 2.75) is 12.5 Å². The van der Waals surface area contributed by atoms with E-state index in [0.29, 0.717) is 5.82 Å². The fraction of sp³-hybridized carbons (Fsp3) is 0.0870. The lowest BCUT2D eigenvalue weighted by atomic mass is 9.96. The number of nitrogens with zero attached hydrogens (tertiary/aromatic N) is 3. The van der Waals surface area contributed by atoms with Gasteiger partial charge in [0.25, 0.3) is 11.8 Å². The maximum Gasteiger partial charge on any atom is 0.287 e. The molecular weight excluding hydrogens is 394 g/mol. The number of nitrogens with one attached hydrogen (secondary N) is 1. The Labute approximate surface area is 177 Å². The fourth-order valence-electron chi connectivity index (χ4n) is 3.45. The van der Waals surface area contributed by atoms with Crippen molar-refractivity contribution in [2.75, 3.05) is 0 Å². The van der Waals surface area contributed by atoms with Crippen LogP contribution in [0.5, 0.6) is 0 Å². The van der Waals surface area contributed by atoms with Crippen LogP contribution in [0.1, 0.15) is 16.1 Å². The summed E-state index contributed by atoms with van der Waals surface area (Å²) >= 11 is 0. The minimum Gasteiger partial charge on any atom is -0.363 e. The molecule has 154 valence electrons. The number of rotatable bonds is 7. The van der Waals surface area contributed by atoms with E-state index in [2.05, 4.69) is 15.3 Å². The third-order valence-corrected chi connectivity index (χ3v) is 4.94. The van der Waals surface area contributed by atoms with Gasteiger partial charge in [-0.15, -0.1) is 0 Å². The SMILES string of the molecule is NC(=O)C(=O)C(Cc1cccc2ccccc12)NC(=O)c1cncn1-c1ccccn1. The van der Waals surface area contributed by atoms with Crippen LogP contribution in [0.2, 0.25) is 0 Å². The molecule has 0 aliphatic heterocycles. The molecular formula is C23H19N5O3. The highest BCUT2D eigenvalue weighted by Gasteiger charge is 2.27. The van der Waals surface area contributed by atoms with Crippen molar-refractivity contribution in [1.29, 1.82) is 0 Å². The van der Waals surface area contributed by atoms with Gasteiger partial charge in [-0.2, -0.15) is 0 Å². The maximum absolute atomic E-state index is 13.0. The smallest absolute Gasteiger partial charge is 0.287 e. The fourth-order valence-corrected chi connectivity index (χ4v) is 3.45. The number of Topliss-reactive ketones (excluding diaryl/α,β-unsaturated/α-hetero) is 1. The van der Waals surface area contributed by atoms with Gasteiger partial charge < -0.3 is 11.1 Å². The number of fused-ring (bicyclic) bond motifs is 1. The lowest BCUT2D eigenvalue weighted by molar-refractivity contribution is -0.137. The second-order valence-corrected chi connectivity index (χ2v) is 6.93. The van der Waals surface area contributed by atoms with Gasteiger partial charge in [0.15, 0.2) is 0 Å². The van der Waals surface area contributed by atoms with E-state index < -0.39 is 23.6 Å². The Morgan fingerprint density at radius 3 is 2.55 bits per heavy atom. The number of ketones is 1. The van der Waals surface area contributed by atoms with Crippen molar-refractivity contribution in [2.24, 2.45) is 5.73 Å². The Kier molecular flexibility index (Phi) is 5.53. The molecule has 0 spiro atoms. The first-order valence-corrected chi connectivity index (χ1v) is 9.59. The van der Waals surface area contributed by atoms with Crippen molar-refractivity contribution >= 4 is 28.4 Å². The number of carbonyl (C=O) groups is 3. The number of carbonyl (C=O) groups excluding carboxylic acids is 3. The molecule has 8 heteroatoms. The van der Waals surface area contributed by atoms with Gasteiger partial charge >= 0.3 is 0 Å². The highest BCUT2D eigenvalue weighted by atomic mass is 16.2. The predicted molar refractivity (Wildman–Crippen MR) is 114 cm³/mol. The number of nitrogens with two attached hydrogens (primary N) is 1. The summed E-state index contributed by atoms with van der Waals surface area (Å²) in [6.45, 7) is 0. The third kappa shape index (κ3) is 4.18. The molecule has 1 atom stereocenters. The quantitative estimate of drug-likeness (QED) is 0.448. The first-order chi connectivity index (χ1) is 15.0. The lowest BCUT2D eigenvalue weighted by Crippen LogP contribution is -2.47. The molecule has 3 N–H and O–H groups in total. The first-order valence-electron chi connectivity index (χ1n) is 9.59. The lowest BCUT2D eigenvalue weighted by Gasteiger charge is -2.18. The normalized spacial score (nSPS) is 11.7. The average molecular weight is 413 g/mol. The summed E-state index contributed by atoms with van der Waals surface area (Å²) < 4.78 is 1.50. The zero-order valence-electron chi connectivity index (χ0n) is 16.4. The molecule has 0 aliphatic carbocycles. The monoisotopic (exact) mass is 413 g/mol. The molecule has 4 rings (SSSR count). The summed E-state index contributed by atoms with van der Waals surface area (Å²) in [7, 11) is 0. The van der Waals surface area contributed by atoms with Crippen molar-refractivity contribution in [1.82, 2.24) is 19.9 Å². The minimum atomic E-state index is -1.12. The van der Waals surface area contributed by atoms with Gasteiger partial charge in [0.2, 0.25) is 5.78 Å². The van der Waals surface area contributed by atoms with Crippen LogP contribution in [0, 0.1) is 0 Å². The van der Waals surface area contributed by atoms with Crippen LogP contribution in [0.4, 0.5) is 0 Å². The van der Waals surface area contributed by atoms with E-state index in [1.54, 1.807) is 24.4 Å². The number of hydrogen-bond donors (Lipinski definition) is 2. The van der Waals surface area contributed by atoms with Gasteiger partial charge in [0, 0.05) is 12.6 Å². The summed E-state index contributed by atoms with van der Waals surface area (Å²) in [6, 6.07) is 17.5. The Morgan fingerprint density at radius 1 is 1.00 bits per heavy atom. The highest BCUT2D eigenvalue weighted by molar-refractivity contribution is 6.38. The van der Waals surface area contributed by atoms with Crippen LogP contribution in [0.3, 0.4) is 0 Å². The van der Waals surface area contributed by atoms with Crippen LogP contribution in [0.25, 0.3) is 16.6 Å². The molecule has 0 bridgehead atoms. The van der Waals surface area contributed by atoms with Crippen LogP contribution in [-0.4, -0.2) is 38.2 Å². The molecule has 8 nitrogen and oxygen atoms in total. The van der Waals surface area contributed by atoms with Gasteiger partial charge in [0.05, 0.1) is 6.20 Å². The second-order valence-electron chi connectivity index (χ2n) is 6.93. The molecule has 2 amide bonds. The zero-order chi connectivity index (χ0) is 21.8. The number of benzene rings is 2. The van der Waals surface area contributed by atoms with Crippen molar-refractivity contribution in [3.05, 3.63) is 90.6 Å². The molecule has 0 fully saturated rings. The van der Waals surface area contributed by atoms with Gasteiger partial charge in [-0.1, -0.05) is 48.5 Å². The first kappa shape index (κ1) is 20.0. The Balaban J connectivity index is 1.64. The molecule has 0 saturated heterocycles. The summed E-state index contributed by atoms with van der Waals surface area (Å²) in [5.74, 6) is -2.05. The van der Waals surface area contributed by atoms with E-state index >= 15 is 0 Å². The van der Waals surface area contributed by atoms with Gasteiger partial charge in [-0.25, -0.2) is 9.97 Å². The molecule has 2 heterocycles. The van der Waals surface area contributed by atoms with Crippen LogP contribution in [0.15, 0.2) is 79.4 Å². The summed E-state index contributed by atoms with van der Waals surface area (Å²) in [5.41, 5.74) is 6.25. The molecule has 0 radical (unpaired) electrons. The summed E-state index contributed by atoms with van der Waals surface area (Å²) in [5, 5.41) is 4.57. The Morgan fingerprint density at radius 2 is 1.77 bits per heavy atom. The highest BCUT2D eigenvalue weighted by Crippen LogP contribution is 2.20. The third-order valence-electron chi connectivity index (χ3n) is 4.94. The predicted octanol–water partition coefficient (Wildman–Crippen LogP) is 1.82. The zero-order valence-corrected chi connectivity index (χ0v) is 16.4. The van der Waals surface area contributed by atoms with E-state index in [0.717, 1.165) is 16.3 Å². The van der Waals surface area contributed by atoms with E-state index in [1.807, 2.05) is 42.5 Å². The van der Waals surface area contributed by atoms with Gasteiger partial charge in [0.1, 0.15) is 23.9 Å². The second kappa shape index (κ2) is 8.58. The molecule has 2 aromatic heterocycles. The van der Waals surface area contributed by atoms with E-state index in [1.165, 1.54) is 17.1 Å². The standard InChI is InChI=1S/C23H19N5O3/c24-22(30)21(29)18(12-16-8-5-7-15-6-1-2-9-17(15)16)27-23(31)19-13-25-14-28(19)20-10-3-4-11-26-20/h1-11,13-14,18H,12H2,(H2,24,30)(H,27,31). The van der Waals surface area contributed by atoms with Crippen LogP contribution < -0.4 is 11.1 Å². The number of imidazole rings is 1. The number of amides is 2. The topological polar surface area (TPSA) is 120 Å². The van der Waals surface area contributed by atoms with E-state index in [-0.39, 0.29) is 12.1 Å². The Hall–Kier alpha value is -4.33. The summed E-state index contributed by atoms with van der Waals surface area (Å²) in [4.78, 5) is 45.4. The number of hydrogen-bond acceptors (Lipinski definition) is 5. The number of aromatic nitrogens is 3. The van der Waals surface area contributed by atoms with Crippen LogP contribution >= 0.6 is 0 Å². The van der Waals surface area contributed by atoms with Gasteiger partial charge in [-0.05, 0) is 28.5 Å². The van der Waals surface area contributed by atoms with E-state index in [9.17, 15) is 14.4 Å². The van der Waals surface area contributed by atoms with Gasteiger partial charge in [-0.3, -0.25) is 19.0 Å². The van der Waals surface area contributed by atoms with E-state index in [4.69, 9.17) is 5.73 Å². The molecule has 2 aromatic carbocycles. The molecule has 31 heavy (non-hydrogen) atoms. The molecule has 1 unspecified atom stereocenters. The average Bonchev–Trinajstić information content (AvgIpc) is 3.29. The minimum absolute atomic E-state index is 0.118. The molecule has 0 aliphatic rings. The van der Waals surface area contributed by atoms with Crippen molar-refractivity contribution < 1.29 is 14.4 Å². The number of pyridine rings is 1. The molecule has 0 saturated carbocycles. The summed E-state index contributed by atoms with van der Waals surface area (Å²) in [6.07, 6.45) is 4.53.